The maximum Gasteiger partial charge on any atom is 0.418 e. The Labute approximate surface area is 99.0 Å². The Morgan fingerprint density at radius 2 is 2.06 bits per heavy atom. The highest BCUT2D eigenvalue weighted by atomic mass is 16.6. The van der Waals surface area contributed by atoms with E-state index in [0.29, 0.717) is 11.6 Å². The van der Waals surface area contributed by atoms with Crippen molar-refractivity contribution in [3.63, 3.8) is 0 Å². The molecule has 2 aromatic rings. The molecular weight excluding hydrogens is 218 g/mol. The highest BCUT2D eigenvalue weighted by Gasteiger charge is 2.08. The molecule has 2 rings (SSSR count). The third-order valence-electron chi connectivity index (χ3n) is 2.19. The summed E-state index contributed by atoms with van der Waals surface area (Å²) in [5, 5.41) is 6.74. The van der Waals surface area contributed by atoms with Crippen molar-refractivity contribution in [3.8, 4) is 5.75 Å². The number of nitrogens with zero attached hydrogens (tertiary/aromatic N) is 2. The lowest BCUT2D eigenvalue weighted by Gasteiger charge is -2.05. The molecule has 0 aliphatic heterocycles. The summed E-state index contributed by atoms with van der Waals surface area (Å²) in [7, 11) is 1.76. The van der Waals surface area contributed by atoms with Gasteiger partial charge in [0.2, 0.25) is 0 Å². The van der Waals surface area contributed by atoms with Gasteiger partial charge in [-0.05, 0) is 19.1 Å². The van der Waals surface area contributed by atoms with Crippen LogP contribution in [0, 0.1) is 6.92 Å². The minimum Gasteiger partial charge on any atom is -0.410 e. The molecule has 0 fully saturated rings. The lowest BCUT2D eigenvalue weighted by Crippen LogP contribution is -2.18. The quantitative estimate of drug-likeness (QED) is 0.863. The van der Waals surface area contributed by atoms with Crippen LogP contribution >= 0.6 is 0 Å². The second-order valence-corrected chi connectivity index (χ2v) is 3.62. The number of hydrogen-bond acceptors (Lipinski definition) is 3. The van der Waals surface area contributed by atoms with Gasteiger partial charge in [-0.2, -0.15) is 5.10 Å². The van der Waals surface area contributed by atoms with E-state index in [4.69, 9.17) is 4.74 Å². The third kappa shape index (κ3) is 2.84. The Morgan fingerprint density at radius 3 is 2.65 bits per heavy atom. The largest absolute Gasteiger partial charge is 0.418 e. The minimum atomic E-state index is -0.529. The summed E-state index contributed by atoms with van der Waals surface area (Å²) in [6, 6.07) is 10.7. The molecule has 0 aliphatic carbocycles. The number of aryl methyl sites for hydroxylation is 2. The number of benzene rings is 1. The van der Waals surface area contributed by atoms with Gasteiger partial charge in [-0.25, -0.2) is 4.79 Å². The van der Waals surface area contributed by atoms with Gasteiger partial charge >= 0.3 is 6.09 Å². The van der Waals surface area contributed by atoms with Gasteiger partial charge in [-0.3, -0.25) is 10.00 Å². The summed E-state index contributed by atoms with van der Waals surface area (Å²) in [6.07, 6.45) is -0.529. The molecule has 5 heteroatoms. The number of amides is 1. The summed E-state index contributed by atoms with van der Waals surface area (Å²) < 4.78 is 6.68. The van der Waals surface area contributed by atoms with Crippen LogP contribution in [-0.4, -0.2) is 15.9 Å². The van der Waals surface area contributed by atoms with Gasteiger partial charge in [0.1, 0.15) is 11.6 Å². The summed E-state index contributed by atoms with van der Waals surface area (Å²) in [4.78, 5) is 11.6. The third-order valence-corrected chi connectivity index (χ3v) is 2.19. The normalized spacial score (nSPS) is 10.0. The highest BCUT2D eigenvalue weighted by molar-refractivity contribution is 5.85. The van der Waals surface area contributed by atoms with E-state index in [9.17, 15) is 4.79 Å². The molecule has 0 saturated carbocycles. The van der Waals surface area contributed by atoms with E-state index < -0.39 is 6.09 Å². The molecule has 0 unspecified atom stereocenters. The first-order valence-corrected chi connectivity index (χ1v) is 5.19. The van der Waals surface area contributed by atoms with Crippen molar-refractivity contribution in [1.29, 1.82) is 0 Å². The van der Waals surface area contributed by atoms with Gasteiger partial charge in [-0.1, -0.05) is 18.2 Å². The standard InChI is InChI=1S/C12H13N3O2/c1-9-8-11(15(2)14-9)13-12(16)17-10-6-4-3-5-7-10/h3-8H,1-2H3,(H,13,16). The van der Waals surface area contributed by atoms with Crippen molar-refractivity contribution in [2.75, 3.05) is 5.32 Å². The van der Waals surface area contributed by atoms with Crippen LogP contribution in [0.3, 0.4) is 0 Å². The lowest BCUT2D eigenvalue weighted by atomic mass is 10.3. The Kier molecular flexibility index (Phi) is 3.09. The van der Waals surface area contributed by atoms with Crippen molar-refractivity contribution >= 4 is 11.9 Å². The van der Waals surface area contributed by atoms with Gasteiger partial charge in [-0.15, -0.1) is 0 Å². The zero-order chi connectivity index (χ0) is 12.3. The van der Waals surface area contributed by atoms with Crippen molar-refractivity contribution < 1.29 is 9.53 Å². The maximum atomic E-state index is 11.6. The number of carbonyl (C=O) groups is 1. The summed E-state index contributed by atoms with van der Waals surface area (Å²) in [6.45, 7) is 1.85. The van der Waals surface area contributed by atoms with Gasteiger partial charge in [0.25, 0.3) is 0 Å². The molecule has 1 N–H and O–H groups in total. The molecule has 0 aliphatic rings. The number of hydrogen-bond donors (Lipinski definition) is 1. The van der Waals surface area contributed by atoms with Crippen LogP contribution in [0.5, 0.6) is 5.75 Å². The van der Waals surface area contributed by atoms with Crippen LogP contribution < -0.4 is 10.1 Å². The van der Waals surface area contributed by atoms with Crippen molar-refractivity contribution in [1.82, 2.24) is 9.78 Å². The van der Waals surface area contributed by atoms with Crippen LogP contribution in [0.4, 0.5) is 10.6 Å². The Bertz CT molecular complexity index is 520. The summed E-state index contributed by atoms with van der Waals surface area (Å²) in [5.41, 5.74) is 0.836. The summed E-state index contributed by atoms with van der Waals surface area (Å²) >= 11 is 0. The summed E-state index contributed by atoms with van der Waals surface area (Å²) in [5.74, 6) is 1.10. The first-order valence-electron chi connectivity index (χ1n) is 5.19. The second kappa shape index (κ2) is 4.69. The van der Waals surface area contributed by atoms with E-state index in [1.807, 2.05) is 13.0 Å². The number of ether oxygens (including phenoxy) is 1. The first kappa shape index (κ1) is 11.2. The van der Waals surface area contributed by atoms with Gasteiger partial charge < -0.3 is 4.74 Å². The fourth-order valence-electron chi connectivity index (χ4n) is 1.45. The monoisotopic (exact) mass is 231 g/mol. The predicted octanol–water partition coefficient (Wildman–Crippen LogP) is 2.34. The Balaban J connectivity index is 2.01. The Hall–Kier alpha value is -2.30. The Morgan fingerprint density at radius 1 is 1.35 bits per heavy atom. The highest BCUT2D eigenvalue weighted by Crippen LogP contribution is 2.11. The van der Waals surface area contributed by atoms with Crippen molar-refractivity contribution in [3.05, 3.63) is 42.1 Å². The topological polar surface area (TPSA) is 56.1 Å². The van der Waals surface area contributed by atoms with E-state index in [1.54, 1.807) is 42.1 Å². The average molecular weight is 231 g/mol. The molecule has 0 bridgehead atoms. The SMILES string of the molecule is Cc1cc(NC(=O)Oc2ccccc2)n(C)n1. The number of para-hydroxylation sites is 1. The van der Waals surface area contributed by atoms with Gasteiger partial charge in [0, 0.05) is 13.1 Å². The molecule has 0 spiro atoms. The molecule has 5 nitrogen and oxygen atoms in total. The van der Waals surface area contributed by atoms with E-state index in [-0.39, 0.29) is 0 Å². The van der Waals surface area contributed by atoms with Crippen LogP contribution in [0.2, 0.25) is 0 Å². The zero-order valence-corrected chi connectivity index (χ0v) is 9.68. The average Bonchev–Trinajstić information content (AvgIpc) is 2.58. The zero-order valence-electron chi connectivity index (χ0n) is 9.68. The molecule has 17 heavy (non-hydrogen) atoms. The molecule has 1 heterocycles. The second-order valence-electron chi connectivity index (χ2n) is 3.62. The maximum absolute atomic E-state index is 11.6. The van der Waals surface area contributed by atoms with Crippen LogP contribution in [-0.2, 0) is 7.05 Å². The molecule has 1 aromatic carbocycles. The van der Waals surface area contributed by atoms with Crippen LogP contribution in [0.25, 0.3) is 0 Å². The van der Waals surface area contributed by atoms with Crippen LogP contribution in [0.1, 0.15) is 5.69 Å². The van der Waals surface area contributed by atoms with Crippen LogP contribution in [0.15, 0.2) is 36.4 Å². The molecule has 1 aromatic heterocycles. The van der Waals surface area contributed by atoms with E-state index >= 15 is 0 Å². The molecule has 1 amide bonds. The molecule has 88 valence electrons. The van der Waals surface area contributed by atoms with Crippen molar-refractivity contribution in [2.24, 2.45) is 7.05 Å². The smallest absolute Gasteiger partial charge is 0.410 e. The fourth-order valence-corrected chi connectivity index (χ4v) is 1.45. The molecular formula is C12H13N3O2. The lowest BCUT2D eigenvalue weighted by molar-refractivity contribution is 0.215. The van der Waals surface area contributed by atoms with Crippen molar-refractivity contribution in [2.45, 2.75) is 6.92 Å². The molecule has 0 atom stereocenters. The van der Waals surface area contributed by atoms with E-state index in [1.165, 1.54) is 0 Å². The van der Waals surface area contributed by atoms with E-state index in [0.717, 1.165) is 5.69 Å². The van der Waals surface area contributed by atoms with Gasteiger partial charge in [0.05, 0.1) is 5.69 Å². The fraction of sp³-hybridized carbons (Fsp3) is 0.167. The number of nitrogens with one attached hydrogen (secondary N) is 1. The number of carbonyl (C=O) groups excluding carboxylic acids is 1. The number of aromatic nitrogens is 2. The molecule has 0 saturated heterocycles. The predicted molar refractivity (Wildman–Crippen MR) is 64.0 cm³/mol. The molecule has 0 radical (unpaired) electrons. The number of rotatable bonds is 2. The minimum absolute atomic E-state index is 0.504. The van der Waals surface area contributed by atoms with Gasteiger partial charge in [0.15, 0.2) is 0 Å². The van der Waals surface area contributed by atoms with E-state index in [2.05, 4.69) is 10.4 Å². The first-order chi connectivity index (χ1) is 8.15. The number of anilines is 1.